The van der Waals surface area contributed by atoms with Crippen LogP contribution in [0.1, 0.15) is 37.3 Å². The summed E-state index contributed by atoms with van der Waals surface area (Å²) in [5.41, 5.74) is 4.15. The molecule has 0 aliphatic rings. The molecule has 0 atom stereocenters. The number of hydrogen-bond acceptors (Lipinski definition) is 6. The number of aromatic nitrogens is 6. The Hall–Kier alpha value is -3.88. The van der Waals surface area contributed by atoms with E-state index < -0.39 is 0 Å². The van der Waals surface area contributed by atoms with Gasteiger partial charge in [0.15, 0.2) is 0 Å². The van der Waals surface area contributed by atoms with E-state index in [9.17, 15) is 4.79 Å². The highest BCUT2D eigenvalue weighted by molar-refractivity contribution is 5.62. The number of unbranched alkanes of at least 4 members (excludes halogenated alkanes) is 2. The monoisotopic (exact) mass is 462 g/mol. The second kappa shape index (κ2) is 10.4. The van der Waals surface area contributed by atoms with Crippen LogP contribution in [0.5, 0.6) is 11.5 Å². The van der Waals surface area contributed by atoms with E-state index in [1.807, 2.05) is 43.5 Å². The summed E-state index contributed by atoms with van der Waals surface area (Å²) in [6.07, 6.45) is 5.33. The molecular weight excluding hydrogens is 432 g/mol. The number of tetrazole rings is 1. The molecule has 0 bridgehead atoms. The average Bonchev–Trinajstić information content (AvgIpc) is 3.44. The Morgan fingerprint density at radius 2 is 1.88 bits per heavy atom. The van der Waals surface area contributed by atoms with E-state index in [0.717, 1.165) is 35.5 Å². The maximum atomic E-state index is 12.4. The Morgan fingerprint density at radius 3 is 2.59 bits per heavy atom. The highest BCUT2D eigenvalue weighted by Gasteiger charge is 2.16. The first-order chi connectivity index (χ1) is 16.5. The molecular formula is C25H30N6O3. The third-order valence-electron chi connectivity index (χ3n) is 5.81. The van der Waals surface area contributed by atoms with Gasteiger partial charge in [0.25, 0.3) is 0 Å². The largest absolute Gasteiger partial charge is 0.496 e. The van der Waals surface area contributed by atoms with Crippen LogP contribution >= 0.6 is 0 Å². The molecule has 2 aromatic carbocycles. The Morgan fingerprint density at radius 1 is 1.03 bits per heavy atom. The molecule has 178 valence electrons. The van der Waals surface area contributed by atoms with Gasteiger partial charge in [0.2, 0.25) is 0 Å². The Kier molecular flexibility index (Phi) is 7.10. The fourth-order valence-corrected chi connectivity index (χ4v) is 3.94. The predicted molar refractivity (Wildman–Crippen MR) is 129 cm³/mol. The van der Waals surface area contributed by atoms with Crippen molar-refractivity contribution in [3.05, 3.63) is 70.3 Å². The number of rotatable bonds is 10. The minimum atomic E-state index is -0.342. The molecule has 0 aliphatic carbocycles. The van der Waals surface area contributed by atoms with Gasteiger partial charge in [0.05, 0.1) is 24.1 Å². The van der Waals surface area contributed by atoms with Gasteiger partial charge in [-0.1, -0.05) is 25.8 Å². The van der Waals surface area contributed by atoms with Crippen molar-refractivity contribution in [2.24, 2.45) is 7.05 Å². The molecule has 0 saturated heterocycles. The van der Waals surface area contributed by atoms with Crippen LogP contribution in [-0.2, 0) is 20.2 Å². The molecule has 34 heavy (non-hydrogen) atoms. The fourth-order valence-electron chi connectivity index (χ4n) is 3.94. The first-order valence-electron chi connectivity index (χ1n) is 11.4. The summed E-state index contributed by atoms with van der Waals surface area (Å²) in [6, 6.07) is 13.6. The van der Waals surface area contributed by atoms with E-state index in [2.05, 4.69) is 33.2 Å². The minimum Gasteiger partial charge on any atom is -0.496 e. The zero-order chi connectivity index (χ0) is 24.1. The first kappa shape index (κ1) is 23.3. The van der Waals surface area contributed by atoms with Gasteiger partial charge in [0.1, 0.15) is 18.1 Å². The maximum Gasteiger partial charge on any atom is 0.368 e. The molecule has 0 fully saturated rings. The Balaban J connectivity index is 1.57. The molecule has 0 amide bonds. The van der Waals surface area contributed by atoms with Crippen LogP contribution < -0.4 is 15.2 Å². The van der Waals surface area contributed by atoms with Gasteiger partial charge in [-0.25, -0.2) is 4.79 Å². The van der Waals surface area contributed by atoms with Gasteiger partial charge in [0, 0.05) is 25.4 Å². The van der Waals surface area contributed by atoms with Crippen LogP contribution in [0.2, 0.25) is 0 Å². The van der Waals surface area contributed by atoms with Gasteiger partial charge in [-0.3, -0.25) is 4.68 Å². The molecule has 4 rings (SSSR count). The number of methoxy groups -OCH3 is 1. The smallest absolute Gasteiger partial charge is 0.368 e. The summed E-state index contributed by atoms with van der Waals surface area (Å²) in [5.74, 6) is 1.37. The molecule has 2 aromatic heterocycles. The second-order valence-electron chi connectivity index (χ2n) is 8.17. The maximum absolute atomic E-state index is 12.4. The van der Waals surface area contributed by atoms with Crippen molar-refractivity contribution >= 4 is 0 Å². The molecule has 0 aliphatic heterocycles. The van der Waals surface area contributed by atoms with Gasteiger partial charge in [-0.05, 0) is 65.7 Å². The number of benzene rings is 2. The lowest BCUT2D eigenvalue weighted by molar-refractivity contribution is 0.294. The summed E-state index contributed by atoms with van der Waals surface area (Å²) in [6.45, 7) is 5.34. The molecule has 0 spiro atoms. The molecule has 0 saturated carbocycles. The topological polar surface area (TPSA) is 89.0 Å². The zero-order valence-electron chi connectivity index (χ0n) is 20.1. The summed E-state index contributed by atoms with van der Waals surface area (Å²) in [5, 5.41) is 12.3. The van der Waals surface area contributed by atoms with Crippen LogP contribution in [0.3, 0.4) is 0 Å². The quantitative estimate of drug-likeness (QED) is 0.332. The van der Waals surface area contributed by atoms with Crippen LogP contribution in [0.15, 0.2) is 53.5 Å². The molecule has 2 heterocycles. The molecule has 9 nitrogen and oxygen atoms in total. The Bertz CT molecular complexity index is 1320. The van der Waals surface area contributed by atoms with E-state index >= 15 is 0 Å². The van der Waals surface area contributed by atoms with E-state index in [1.165, 1.54) is 22.2 Å². The van der Waals surface area contributed by atoms with Crippen LogP contribution in [-0.4, -0.2) is 36.7 Å². The van der Waals surface area contributed by atoms with E-state index in [-0.39, 0.29) is 12.3 Å². The van der Waals surface area contributed by atoms with Crippen molar-refractivity contribution in [1.29, 1.82) is 0 Å². The third kappa shape index (κ3) is 4.73. The number of ether oxygens (including phenoxy) is 2. The van der Waals surface area contributed by atoms with E-state index in [0.29, 0.717) is 17.0 Å². The Labute approximate surface area is 198 Å². The van der Waals surface area contributed by atoms with Crippen molar-refractivity contribution in [2.45, 2.75) is 46.3 Å². The SMILES string of the molecule is CCCCCn1nccc1-c1ccc(OCc2c(OC)cccc2-n2nnn(C)c2=O)c(C)c1. The number of hydrogen-bond donors (Lipinski definition) is 0. The van der Waals surface area contributed by atoms with Crippen molar-refractivity contribution in [3.63, 3.8) is 0 Å². The van der Waals surface area contributed by atoms with Crippen molar-refractivity contribution in [2.75, 3.05) is 7.11 Å². The summed E-state index contributed by atoms with van der Waals surface area (Å²) in [4.78, 5) is 12.4. The van der Waals surface area contributed by atoms with E-state index in [1.54, 1.807) is 20.2 Å². The summed E-state index contributed by atoms with van der Waals surface area (Å²) < 4.78 is 16.2. The van der Waals surface area contributed by atoms with Crippen LogP contribution in [0, 0.1) is 6.92 Å². The van der Waals surface area contributed by atoms with Crippen molar-refractivity contribution in [1.82, 2.24) is 29.6 Å². The normalized spacial score (nSPS) is 11.1. The van der Waals surface area contributed by atoms with Crippen molar-refractivity contribution in [3.8, 4) is 28.4 Å². The van der Waals surface area contributed by atoms with Gasteiger partial charge >= 0.3 is 5.69 Å². The lowest BCUT2D eigenvalue weighted by atomic mass is 10.1. The fraction of sp³-hybridized carbons (Fsp3) is 0.360. The average molecular weight is 463 g/mol. The lowest BCUT2D eigenvalue weighted by Crippen LogP contribution is -2.23. The molecule has 0 radical (unpaired) electrons. The van der Waals surface area contributed by atoms with Gasteiger partial charge in [-0.2, -0.15) is 14.5 Å². The number of aryl methyl sites for hydroxylation is 3. The standard InChI is InChI=1S/C25H30N6O3/c1-5-6-7-15-30-21(13-14-26-30)19-11-12-23(18(2)16-19)34-17-20-22(9-8-10-24(20)33-4)31-25(32)29(3)27-28-31/h8-14,16H,5-7,15,17H2,1-4H3. The van der Waals surface area contributed by atoms with Crippen LogP contribution in [0.25, 0.3) is 16.9 Å². The molecule has 0 N–H and O–H groups in total. The zero-order valence-corrected chi connectivity index (χ0v) is 20.1. The lowest BCUT2D eigenvalue weighted by Gasteiger charge is -2.16. The third-order valence-corrected chi connectivity index (χ3v) is 5.81. The second-order valence-corrected chi connectivity index (χ2v) is 8.17. The first-order valence-corrected chi connectivity index (χ1v) is 11.4. The van der Waals surface area contributed by atoms with Gasteiger partial charge in [-0.15, -0.1) is 0 Å². The number of nitrogens with zero attached hydrogens (tertiary/aromatic N) is 6. The van der Waals surface area contributed by atoms with E-state index in [4.69, 9.17) is 9.47 Å². The summed E-state index contributed by atoms with van der Waals surface area (Å²) in [7, 11) is 3.15. The van der Waals surface area contributed by atoms with Crippen LogP contribution in [0.4, 0.5) is 0 Å². The summed E-state index contributed by atoms with van der Waals surface area (Å²) >= 11 is 0. The van der Waals surface area contributed by atoms with Crippen molar-refractivity contribution < 1.29 is 9.47 Å². The molecule has 0 unspecified atom stereocenters. The highest BCUT2D eigenvalue weighted by atomic mass is 16.5. The molecule has 4 aromatic rings. The van der Waals surface area contributed by atoms with Gasteiger partial charge < -0.3 is 9.47 Å². The minimum absolute atomic E-state index is 0.206. The highest BCUT2D eigenvalue weighted by Crippen LogP contribution is 2.30. The predicted octanol–water partition coefficient (Wildman–Crippen LogP) is 3.92. The molecule has 9 heteroatoms.